The number of ether oxygens (including phenoxy) is 2. The molecule has 0 saturated carbocycles. The van der Waals surface area contributed by atoms with Gasteiger partial charge in [-0.25, -0.2) is 0 Å². The third kappa shape index (κ3) is 3.16. The van der Waals surface area contributed by atoms with Gasteiger partial charge in [-0.1, -0.05) is 0 Å². The molecule has 0 aliphatic carbocycles. The van der Waals surface area contributed by atoms with Gasteiger partial charge in [-0.15, -0.1) is 0 Å². The zero-order chi connectivity index (χ0) is 18.9. The number of rotatable bonds is 4. The number of methoxy groups -OCH3 is 2. The number of hydrogen-bond donors (Lipinski definition) is 1. The minimum Gasteiger partial charge on any atom is -0.497 e. The van der Waals surface area contributed by atoms with Crippen LogP contribution in [0.1, 0.15) is 31.2 Å². The van der Waals surface area contributed by atoms with Crippen LogP contribution in [-0.2, 0) is 5.72 Å². The van der Waals surface area contributed by atoms with Gasteiger partial charge in [0.1, 0.15) is 17.2 Å². The van der Waals surface area contributed by atoms with Crippen molar-refractivity contribution in [1.82, 2.24) is 0 Å². The molecule has 0 radical (unpaired) electrons. The van der Waals surface area contributed by atoms with Crippen LogP contribution in [0.3, 0.4) is 0 Å². The molecule has 5 heteroatoms. The van der Waals surface area contributed by atoms with E-state index in [0.717, 1.165) is 42.1 Å². The van der Waals surface area contributed by atoms with E-state index in [-0.39, 0.29) is 0 Å². The average molecular weight is 367 g/mol. The van der Waals surface area contributed by atoms with E-state index in [9.17, 15) is 5.11 Å². The highest BCUT2D eigenvalue weighted by Gasteiger charge is 2.54. The topological polar surface area (TPSA) is 44.9 Å². The number of benzene rings is 2. The van der Waals surface area contributed by atoms with Crippen LogP contribution in [0.4, 0.5) is 5.69 Å². The predicted molar refractivity (Wildman–Crippen MR) is 106 cm³/mol. The molecule has 5 nitrogen and oxygen atoms in total. The summed E-state index contributed by atoms with van der Waals surface area (Å²) in [5.41, 5.74) is 0.751. The highest BCUT2D eigenvalue weighted by Crippen LogP contribution is 2.38. The molecule has 1 N–H and O–H groups in total. The van der Waals surface area contributed by atoms with E-state index in [1.807, 2.05) is 48.5 Å². The Hall–Kier alpha value is -2.53. The molecule has 0 amide bonds. The molecular weight excluding hydrogens is 340 g/mol. The number of hydrogen-bond acceptors (Lipinski definition) is 4. The van der Waals surface area contributed by atoms with Crippen LogP contribution < -0.4 is 14.4 Å². The van der Waals surface area contributed by atoms with Gasteiger partial charge < -0.3 is 14.6 Å². The van der Waals surface area contributed by atoms with Gasteiger partial charge in [0.2, 0.25) is 0 Å². The van der Waals surface area contributed by atoms with Crippen LogP contribution >= 0.6 is 0 Å². The van der Waals surface area contributed by atoms with Gasteiger partial charge in [0.25, 0.3) is 11.6 Å². The van der Waals surface area contributed by atoms with Crippen LogP contribution in [-0.4, -0.2) is 42.8 Å². The maximum absolute atomic E-state index is 11.9. The van der Waals surface area contributed by atoms with Crippen molar-refractivity contribution in [3.63, 3.8) is 0 Å². The lowest BCUT2D eigenvalue weighted by molar-refractivity contribution is -0.534. The van der Waals surface area contributed by atoms with Crippen molar-refractivity contribution in [3.05, 3.63) is 54.1 Å². The van der Waals surface area contributed by atoms with Gasteiger partial charge in [-0.05, 0) is 67.8 Å². The second-order valence-electron chi connectivity index (χ2n) is 7.23. The molecule has 4 rings (SSSR count). The molecule has 142 valence electrons. The van der Waals surface area contributed by atoms with Crippen molar-refractivity contribution in [2.75, 3.05) is 32.2 Å². The minimum atomic E-state index is -1.10. The highest BCUT2D eigenvalue weighted by atomic mass is 16.5. The second kappa shape index (κ2) is 7.24. The summed E-state index contributed by atoms with van der Waals surface area (Å²) in [6, 6.07) is 15.7. The highest BCUT2D eigenvalue weighted by molar-refractivity contribution is 5.97. The number of amidine groups is 1. The molecule has 2 aliphatic rings. The maximum Gasteiger partial charge on any atom is 0.275 e. The van der Waals surface area contributed by atoms with E-state index in [0.29, 0.717) is 6.54 Å². The SMILES string of the molecule is COc1ccc(N2C3=[N+](CCCCC3)C[C@@]2(O)c2ccc(OC)cc2)cc1. The smallest absolute Gasteiger partial charge is 0.275 e. The van der Waals surface area contributed by atoms with Crippen LogP contribution in [0, 0.1) is 0 Å². The van der Waals surface area contributed by atoms with Crippen molar-refractivity contribution < 1.29 is 19.2 Å². The Kier molecular flexibility index (Phi) is 4.79. The van der Waals surface area contributed by atoms with E-state index in [1.165, 1.54) is 18.7 Å². The van der Waals surface area contributed by atoms with Crippen LogP contribution in [0.15, 0.2) is 48.5 Å². The Labute approximate surface area is 160 Å². The van der Waals surface area contributed by atoms with Crippen molar-refractivity contribution >= 4 is 11.5 Å². The largest absolute Gasteiger partial charge is 0.497 e. The van der Waals surface area contributed by atoms with E-state index in [1.54, 1.807) is 14.2 Å². The lowest BCUT2D eigenvalue weighted by Gasteiger charge is -2.29. The van der Waals surface area contributed by atoms with Gasteiger partial charge in [-0.2, -0.15) is 4.90 Å². The van der Waals surface area contributed by atoms with Crippen LogP contribution in [0.25, 0.3) is 0 Å². The zero-order valence-electron chi connectivity index (χ0n) is 16.0. The first-order valence-electron chi connectivity index (χ1n) is 9.58. The fourth-order valence-corrected chi connectivity index (χ4v) is 4.20. The summed E-state index contributed by atoms with van der Waals surface area (Å²) < 4.78 is 12.9. The first-order chi connectivity index (χ1) is 13.2. The quantitative estimate of drug-likeness (QED) is 0.842. The maximum atomic E-state index is 11.9. The predicted octanol–water partition coefficient (Wildman–Crippen LogP) is 3.35. The van der Waals surface area contributed by atoms with E-state index < -0.39 is 5.72 Å². The Morgan fingerprint density at radius 3 is 2.15 bits per heavy atom. The molecule has 27 heavy (non-hydrogen) atoms. The van der Waals surface area contributed by atoms with Gasteiger partial charge in [0.05, 0.1) is 20.8 Å². The Bertz CT molecular complexity index is 830. The van der Waals surface area contributed by atoms with Crippen LogP contribution in [0.5, 0.6) is 11.5 Å². The number of anilines is 1. The second-order valence-corrected chi connectivity index (χ2v) is 7.23. The fourth-order valence-electron chi connectivity index (χ4n) is 4.20. The molecule has 0 unspecified atom stereocenters. The Morgan fingerprint density at radius 1 is 0.889 bits per heavy atom. The average Bonchev–Trinajstić information content (AvgIpc) is 2.84. The summed E-state index contributed by atoms with van der Waals surface area (Å²) >= 11 is 0. The van der Waals surface area contributed by atoms with Crippen molar-refractivity contribution in [2.24, 2.45) is 0 Å². The van der Waals surface area contributed by atoms with Gasteiger partial charge in [0.15, 0.2) is 6.54 Å². The third-order valence-electron chi connectivity index (χ3n) is 5.62. The molecule has 2 heterocycles. The first-order valence-corrected chi connectivity index (χ1v) is 9.58. The molecule has 1 atom stereocenters. The molecule has 0 bridgehead atoms. The molecule has 0 fully saturated rings. The van der Waals surface area contributed by atoms with E-state index in [4.69, 9.17) is 9.47 Å². The first kappa shape index (κ1) is 17.9. The van der Waals surface area contributed by atoms with Crippen LogP contribution in [0.2, 0.25) is 0 Å². The van der Waals surface area contributed by atoms with Gasteiger partial charge in [-0.3, -0.25) is 4.58 Å². The number of aliphatic hydroxyl groups is 1. The zero-order valence-corrected chi connectivity index (χ0v) is 16.0. The molecule has 2 aromatic carbocycles. The molecule has 0 aromatic heterocycles. The lowest BCUT2D eigenvalue weighted by atomic mass is 9.99. The number of nitrogens with zero attached hydrogens (tertiary/aromatic N) is 2. The summed E-state index contributed by atoms with van der Waals surface area (Å²) in [6.07, 6.45) is 4.53. The summed E-state index contributed by atoms with van der Waals surface area (Å²) in [5.74, 6) is 2.81. The fraction of sp³-hybridized carbons (Fsp3) is 0.409. The summed E-state index contributed by atoms with van der Waals surface area (Å²) in [7, 11) is 3.32. The van der Waals surface area contributed by atoms with E-state index >= 15 is 0 Å². The third-order valence-corrected chi connectivity index (χ3v) is 5.62. The minimum absolute atomic E-state index is 0.570. The molecule has 2 aliphatic heterocycles. The Balaban J connectivity index is 1.79. The molecule has 0 saturated heterocycles. The Morgan fingerprint density at radius 2 is 1.52 bits per heavy atom. The molecule has 0 spiro atoms. The standard InChI is InChI=1S/C22H27N2O3/c1-26-19-11-7-17(8-12-19)22(25)16-23-15-5-3-4-6-21(23)24(22)18-9-13-20(27-2)14-10-18/h7-14,25H,3-6,15-16H2,1-2H3/q+1/t22-/m1/s1. The summed E-state index contributed by atoms with van der Waals surface area (Å²) in [5, 5.41) is 11.9. The van der Waals surface area contributed by atoms with Crippen molar-refractivity contribution in [2.45, 2.75) is 31.4 Å². The molecule has 2 aromatic rings. The van der Waals surface area contributed by atoms with Gasteiger partial charge >= 0.3 is 0 Å². The normalized spacial score (nSPS) is 22.4. The lowest BCUT2D eigenvalue weighted by Crippen LogP contribution is -2.47. The summed E-state index contributed by atoms with van der Waals surface area (Å²) in [6.45, 7) is 1.56. The van der Waals surface area contributed by atoms with Gasteiger partial charge in [0, 0.05) is 12.0 Å². The van der Waals surface area contributed by atoms with Crippen molar-refractivity contribution in [1.29, 1.82) is 0 Å². The van der Waals surface area contributed by atoms with Crippen molar-refractivity contribution in [3.8, 4) is 11.5 Å². The monoisotopic (exact) mass is 367 g/mol. The summed E-state index contributed by atoms with van der Waals surface area (Å²) in [4.78, 5) is 2.11. The van der Waals surface area contributed by atoms with E-state index in [2.05, 4.69) is 9.48 Å². The molecular formula is C22H27N2O3+.